The van der Waals surface area contributed by atoms with Crippen molar-refractivity contribution in [1.82, 2.24) is 9.13 Å². The number of aromatic nitrogens is 2. The summed E-state index contributed by atoms with van der Waals surface area (Å²) in [5, 5.41) is 4.03. The Kier molecular flexibility index (Phi) is 5.07. The summed E-state index contributed by atoms with van der Waals surface area (Å²) in [6, 6.07) is 47.6. The second-order valence-electron chi connectivity index (χ2n) is 14.2. The molecule has 0 N–H and O–H groups in total. The molecule has 2 unspecified atom stereocenters. The summed E-state index contributed by atoms with van der Waals surface area (Å²) in [5.74, 6) is 1.60. The smallest absolute Gasteiger partial charge is 0.0541 e. The zero-order valence-corrected chi connectivity index (χ0v) is 25.0. The predicted octanol–water partition coefficient (Wildman–Crippen LogP) is 10.7. The van der Waals surface area contributed by atoms with E-state index in [1.807, 2.05) is 0 Å². The fourth-order valence-corrected chi connectivity index (χ4v) is 10.4. The van der Waals surface area contributed by atoms with Crippen molar-refractivity contribution in [3.63, 3.8) is 0 Å². The van der Waals surface area contributed by atoms with Gasteiger partial charge in [0.2, 0.25) is 0 Å². The van der Waals surface area contributed by atoms with Crippen molar-refractivity contribution >= 4 is 32.7 Å². The lowest BCUT2D eigenvalue weighted by Gasteiger charge is -2.63. The predicted molar refractivity (Wildman–Crippen MR) is 182 cm³/mol. The molecular weight excluding hydrogens is 532 g/mol. The number of benzene rings is 5. The van der Waals surface area contributed by atoms with E-state index in [0.717, 1.165) is 11.8 Å². The average Bonchev–Trinajstić information content (AvgIpc) is 3.62. The van der Waals surface area contributed by atoms with E-state index in [1.54, 1.807) is 5.56 Å². The number of para-hydroxylation sites is 3. The molecule has 4 aliphatic carbocycles. The molecule has 44 heavy (non-hydrogen) atoms. The fourth-order valence-electron chi connectivity index (χ4n) is 10.4. The minimum absolute atomic E-state index is 0.183. The van der Waals surface area contributed by atoms with E-state index in [-0.39, 0.29) is 11.0 Å². The number of nitrogens with zero attached hydrogens (tertiary/aromatic N) is 2. The van der Waals surface area contributed by atoms with E-state index in [9.17, 15) is 0 Å². The van der Waals surface area contributed by atoms with Crippen LogP contribution in [0.3, 0.4) is 0 Å². The van der Waals surface area contributed by atoms with E-state index in [1.165, 1.54) is 88.0 Å². The molecule has 4 aliphatic rings. The summed E-state index contributed by atoms with van der Waals surface area (Å²) >= 11 is 0. The normalized spacial score (nSPS) is 25.8. The van der Waals surface area contributed by atoms with Gasteiger partial charge in [0.1, 0.15) is 0 Å². The van der Waals surface area contributed by atoms with Crippen LogP contribution in [0.5, 0.6) is 0 Å². The van der Waals surface area contributed by atoms with Crippen molar-refractivity contribution in [3.8, 4) is 16.8 Å². The lowest BCUT2D eigenvalue weighted by atomic mass is 9.45. The van der Waals surface area contributed by atoms with Gasteiger partial charge in [-0.05, 0) is 97.2 Å². The summed E-state index contributed by atoms with van der Waals surface area (Å²) in [6.45, 7) is 0. The van der Waals surface area contributed by atoms with Crippen LogP contribution in [-0.2, 0) is 11.0 Å². The Morgan fingerprint density at radius 3 is 1.75 bits per heavy atom. The topological polar surface area (TPSA) is 9.86 Å². The van der Waals surface area contributed by atoms with Crippen LogP contribution in [0.2, 0.25) is 0 Å². The molecule has 0 aliphatic heterocycles. The molecule has 0 radical (unpaired) electrons. The van der Waals surface area contributed by atoms with Gasteiger partial charge >= 0.3 is 0 Å². The molecule has 4 saturated carbocycles. The Balaban J connectivity index is 1.08. The van der Waals surface area contributed by atoms with Crippen LogP contribution >= 0.6 is 0 Å². The van der Waals surface area contributed by atoms with Gasteiger partial charge in [0, 0.05) is 44.7 Å². The van der Waals surface area contributed by atoms with Gasteiger partial charge in [-0.1, -0.05) is 97.1 Å². The highest BCUT2D eigenvalue weighted by Gasteiger charge is 2.59. The summed E-state index contributed by atoms with van der Waals surface area (Å²) in [5.41, 5.74) is 9.92. The van der Waals surface area contributed by atoms with Gasteiger partial charge in [0.15, 0.2) is 0 Å². The molecule has 4 fully saturated rings. The third kappa shape index (κ3) is 3.43. The zero-order chi connectivity index (χ0) is 28.9. The Bertz CT molecular complexity index is 2130. The van der Waals surface area contributed by atoms with Gasteiger partial charge in [-0.15, -0.1) is 0 Å². The number of fused-ring (bicyclic) bond motifs is 4. The molecule has 2 atom stereocenters. The number of hydrogen-bond donors (Lipinski definition) is 0. The van der Waals surface area contributed by atoms with Crippen molar-refractivity contribution < 1.29 is 0 Å². The van der Waals surface area contributed by atoms with Crippen molar-refractivity contribution in [2.75, 3.05) is 0 Å². The van der Waals surface area contributed by atoms with Gasteiger partial charge < -0.3 is 9.13 Å². The highest BCUT2D eigenvalue weighted by atomic mass is 15.1. The van der Waals surface area contributed by atoms with E-state index < -0.39 is 0 Å². The minimum atomic E-state index is 0.183. The van der Waals surface area contributed by atoms with Crippen molar-refractivity contribution in [1.29, 1.82) is 0 Å². The first-order valence-corrected chi connectivity index (χ1v) is 16.4. The van der Waals surface area contributed by atoms with Crippen molar-refractivity contribution in [2.45, 2.75) is 49.5 Å². The van der Waals surface area contributed by atoms with Gasteiger partial charge in [-0.3, -0.25) is 0 Å². The van der Waals surface area contributed by atoms with Crippen LogP contribution in [0.15, 0.2) is 134 Å². The van der Waals surface area contributed by atoms with Crippen LogP contribution in [0.4, 0.5) is 0 Å². The lowest BCUT2D eigenvalue weighted by molar-refractivity contribution is -0.0606. The summed E-state index contributed by atoms with van der Waals surface area (Å²) in [4.78, 5) is 0. The number of hydrogen-bond acceptors (Lipinski definition) is 0. The van der Waals surface area contributed by atoms with E-state index in [2.05, 4.69) is 143 Å². The Morgan fingerprint density at radius 1 is 0.523 bits per heavy atom. The van der Waals surface area contributed by atoms with Gasteiger partial charge in [-0.25, -0.2) is 0 Å². The maximum atomic E-state index is 2.75. The molecule has 0 saturated heterocycles. The molecule has 0 amide bonds. The number of rotatable bonds is 4. The molecule has 214 valence electrons. The molecular formula is C42H36N2. The highest BCUT2D eigenvalue weighted by Crippen LogP contribution is 2.65. The molecule has 2 nitrogen and oxygen atoms in total. The quantitative estimate of drug-likeness (QED) is 0.200. The van der Waals surface area contributed by atoms with Crippen molar-refractivity contribution in [2.24, 2.45) is 11.8 Å². The standard InChI is InChI=1S/C42H36N2/c1-2-10-31(11-3-1)37-27-43(38-15-7-4-14-36(37)38)42-25-29-22-30(26-42)24-41(23-29,28-42)32-18-20-33(21-19-32)44-39-16-8-5-12-34(39)35-13-6-9-17-40(35)44/h1-21,27,29-30H,22-26,28H2. The molecule has 2 heterocycles. The molecule has 7 aromatic rings. The average molecular weight is 569 g/mol. The summed E-state index contributed by atoms with van der Waals surface area (Å²) < 4.78 is 5.20. The van der Waals surface area contributed by atoms with E-state index >= 15 is 0 Å². The summed E-state index contributed by atoms with van der Waals surface area (Å²) in [7, 11) is 0. The molecule has 11 rings (SSSR count). The van der Waals surface area contributed by atoms with Crippen LogP contribution in [-0.4, -0.2) is 9.13 Å². The third-order valence-corrected chi connectivity index (χ3v) is 11.7. The Labute approximate surface area is 258 Å². The Hall–Kier alpha value is -4.56. The van der Waals surface area contributed by atoms with Crippen LogP contribution < -0.4 is 0 Å². The third-order valence-electron chi connectivity index (χ3n) is 11.7. The first-order chi connectivity index (χ1) is 21.7. The maximum Gasteiger partial charge on any atom is 0.0541 e. The molecule has 2 aromatic heterocycles. The van der Waals surface area contributed by atoms with E-state index in [0.29, 0.717) is 0 Å². The first kappa shape index (κ1) is 24.8. The second kappa shape index (κ2) is 8.99. The first-order valence-electron chi connectivity index (χ1n) is 16.4. The summed E-state index contributed by atoms with van der Waals surface area (Å²) in [6.07, 6.45) is 10.5. The second-order valence-corrected chi connectivity index (χ2v) is 14.2. The molecule has 0 spiro atoms. The largest absolute Gasteiger partial charge is 0.341 e. The molecule has 5 aromatic carbocycles. The van der Waals surface area contributed by atoms with E-state index in [4.69, 9.17) is 0 Å². The molecule has 2 heteroatoms. The monoisotopic (exact) mass is 568 g/mol. The fraction of sp³-hybridized carbons (Fsp3) is 0.238. The van der Waals surface area contributed by atoms with Gasteiger partial charge in [0.05, 0.1) is 11.0 Å². The Morgan fingerprint density at radius 2 is 1.09 bits per heavy atom. The lowest BCUT2D eigenvalue weighted by Crippen LogP contribution is -2.58. The minimum Gasteiger partial charge on any atom is -0.341 e. The van der Waals surface area contributed by atoms with Crippen LogP contribution in [0.25, 0.3) is 49.5 Å². The van der Waals surface area contributed by atoms with Crippen LogP contribution in [0, 0.1) is 11.8 Å². The maximum absolute atomic E-state index is 2.75. The zero-order valence-electron chi connectivity index (χ0n) is 25.0. The molecule has 4 bridgehead atoms. The van der Waals surface area contributed by atoms with Gasteiger partial charge in [-0.2, -0.15) is 0 Å². The van der Waals surface area contributed by atoms with Crippen LogP contribution in [0.1, 0.15) is 44.1 Å². The van der Waals surface area contributed by atoms with Crippen molar-refractivity contribution in [3.05, 3.63) is 139 Å². The SMILES string of the molecule is c1ccc(-c2cn(C34CC5CC(CC(c6ccc(-n7c8ccccc8c8ccccc87)cc6)(C5)C3)C4)c3ccccc23)cc1. The highest BCUT2D eigenvalue weighted by molar-refractivity contribution is 6.09. The van der Waals surface area contributed by atoms with Gasteiger partial charge in [0.25, 0.3) is 0 Å².